The van der Waals surface area contributed by atoms with Gasteiger partial charge in [0.15, 0.2) is 11.5 Å². The number of nitrogens with zero attached hydrogens (tertiary/aromatic N) is 4. The number of fused-ring (bicyclic) bond motifs is 3. The lowest BCUT2D eigenvalue weighted by atomic mass is 9.80. The van der Waals surface area contributed by atoms with E-state index < -0.39 is 5.91 Å². The van der Waals surface area contributed by atoms with E-state index in [9.17, 15) is 14.4 Å². The third-order valence-electron chi connectivity index (χ3n) is 7.09. The van der Waals surface area contributed by atoms with Gasteiger partial charge < -0.3 is 18.6 Å². The van der Waals surface area contributed by atoms with Crippen LogP contribution in [-0.2, 0) is 6.42 Å². The number of anilines is 1. The monoisotopic (exact) mass is 448 g/mol. The Morgan fingerprint density at radius 3 is 2.33 bits per heavy atom. The van der Waals surface area contributed by atoms with E-state index in [0.717, 1.165) is 38.0 Å². The summed E-state index contributed by atoms with van der Waals surface area (Å²) in [4.78, 5) is 48.5. The van der Waals surface area contributed by atoms with Gasteiger partial charge in [-0.05, 0) is 55.9 Å². The molecule has 170 valence electrons. The average molecular weight is 448 g/mol. The second kappa shape index (κ2) is 7.75. The van der Waals surface area contributed by atoms with Crippen LogP contribution in [0.2, 0.25) is 0 Å². The van der Waals surface area contributed by atoms with Gasteiger partial charge in [-0.1, -0.05) is 0 Å². The van der Waals surface area contributed by atoms with E-state index in [1.165, 1.54) is 17.1 Å². The van der Waals surface area contributed by atoms with Crippen LogP contribution >= 0.6 is 0 Å². The number of carbonyl (C=O) groups is 2. The van der Waals surface area contributed by atoms with E-state index >= 15 is 0 Å². The van der Waals surface area contributed by atoms with Crippen LogP contribution in [0, 0.1) is 5.92 Å². The summed E-state index contributed by atoms with van der Waals surface area (Å²) in [5, 5.41) is 0. The molecule has 2 fully saturated rings. The summed E-state index contributed by atoms with van der Waals surface area (Å²) in [6, 6.07) is 6.56. The summed E-state index contributed by atoms with van der Waals surface area (Å²) in [5.74, 6) is 0.376. The van der Waals surface area contributed by atoms with E-state index in [2.05, 4.69) is 0 Å². The summed E-state index contributed by atoms with van der Waals surface area (Å²) in [5.41, 5.74) is 0.986. The molecule has 3 aliphatic rings. The molecule has 0 bridgehead atoms. The molecule has 0 aromatic carbocycles. The highest BCUT2D eigenvalue weighted by atomic mass is 16.3. The Bertz CT molecular complexity index is 1250. The number of hydrogen-bond donors (Lipinski definition) is 0. The van der Waals surface area contributed by atoms with Crippen molar-refractivity contribution in [2.24, 2.45) is 5.92 Å². The fourth-order valence-corrected chi connectivity index (χ4v) is 5.45. The van der Waals surface area contributed by atoms with E-state index in [-0.39, 0.29) is 29.1 Å². The predicted molar refractivity (Wildman–Crippen MR) is 118 cm³/mol. The second-order valence-electron chi connectivity index (χ2n) is 8.99. The van der Waals surface area contributed by atoms with Crippen molar-refractivity contribution in [1.29, 1.82) is 0 Å². The topological polar surface area (TPSA) is 102 Å². The number of hydrogen-bond acceptors (Lipinski definition) is 7. The number of furan rings is 2. The Hall–Kier alpha value is -3.62. The molecule has 3 aromatic rings. The highest BCUT2D eigenvalue weighted by molar-refractivity contribution is 5.95. The van der Waals surface area contributed by atoms with Gasteiger partial charge in [-0.25, -0.2) is 9.55 Å². The molecule has 9 heteroatoms. The van der Waals surface area contributed by atoms with Gasteiger partial charge >= 0.3 is 5.91 Å². The normalized spacial score (nSPS) is 21.8. The quantitative estimate of drug-likeness (QED) is 0.607. The maximum Gasteiger partial charge on any atom is 0.303 e. The van der Waals surface area contributed by atoms with Crippen molar-refractivity contribution in [3.05, 3.63) is 69.9 Å². The van der Waals surface area contributed by atoms with Crippen molar-refractivity contribution in [3.8, 4) is 0 Å². The lowest BCUT2D eigenvalue weighted by Crippen LogP contribution is -2.40. The fraction of sp³-hybridized carbons (Fsp3) is 0.417. The van der Waals surface area contributed by atoms with Crippen molar-refractivity contribution in [2.45, 2.75) is 31.6 Å². The summed E-state index contributed by atoms with van der Waals surface area (Å²) in [6.07, 6.45) is 6.20. The SMILES string of the molecule is O=C(c1ccco1)N1C[C@H]2CCc3c(nc(N4CCCC4)n(C(=O)c4ccco4)c3=O)[C@H]2C1. The summed E-state index contributed by atoms with van der Waals surface area (Å²) in [7, 11) is 0. The standard InChI is InChI=1S/C24H24N4O5/c29-21-16-8-7-15-13-27(22(30)18-5-3-11-32-18)14-17(15)20(16)25-24(26-9-1-2-10-26)28(21)23(31)19-6-4-12-33-19/h3-6,11-12,15,17H,1-2,7-10,13-14H2/t15-,17+/m1/s1. The second-order valence-corrected chi connectivity index (χ2v) is 8.99. The zero-order valence-electron chi connectivity index (χ0n) is 18.1. The molecule has 0 unspecified atom stereocenters. The van der Waals surface area contributed by atoms with Crippen molar-refractivity contribution < 1.29 is 18.4 Å². The number of rotatable bonds is 3. The van der Waals surface area contributed by atoms with E-state index in [1.807, 2.05) is 4.90 Å². The molecule has 5 heterocycles. The van der Waals surface area contributed by atoms with E-state index in [1.54, 1.807) is 29.2 Å². The van der Waals surface area contributed by atoms with Crippen LogP contribution < -0.4 is 10.5 Å². The molecule has 0 N–H and O–H groups in total. The first-order valence-corrected chi connectivity index (χ1v) is 11.4. The zero-order chi connectivity index (χ0) is 22.5. The smallest absolute Gasteiger partial charge is 0.303 e. The third-order valence-corrected chi connectivity index (χ3v) is 7.09. The minimum atomic E-state index is -0.495. The van der Waals surface area contributed by atoms with Gasteiger partial charge in [-0.3, -0.25) is 14.4 Å². The van der Waals surface area contributed by atoms with Gasteiger partial charge in [0.2, 0.25) is 5.95 Å². The minimum absolute atomic E-state index is 0.0323. The lowest BCUT2D eigenvalue weighted by molar-refractivity contribution is 0.0754. The van der Waals surface area contributed by atoms with Gasteiger partial charge in [0, 0.05) is 37.7 Å². The van der Waals surface area contributed by atoms with Crippen molar-refractivity contribution in [2.75, 3.05) is 31.1 Å². The Balaban J connectivity index is 1.42. The van der Waals surface area contributed by atoms with Gasteiger partial charge in [0.05, 0.1) is 18.2 Å². The molecule has 2 aliphatic heterocycles. The molecule has 0 spiro atoms. The molecule has 6 rings (SSSR count). The predicted octanol–water partition coefficient (Wildman–Crippen LogP) is 2.52. The average Bonchev–Trinajstić information content (AvgIpc) is 3.65. The number of aromatic nitrogens is 2. The maximum atomic E-state index is 13.7. The van der Waals surface area contributed by atoms with Gasteiger partial charge in [-0.15, -0.1) is 0 Å². The summed E-state index contributed by atoms with van der Waals surface area (Å²) in [6.45, 7) is 2.58. The highest BCUT2D eigenvalue weighted by Gasteiger charge is 2.43. The first kappa shape index (κ1) is 20.0. The Kier molecular flexibility index (Phi) is 4.70. The van der Waals surface area contributed by atoms with Crippen molar-refractivity contribution in [3.63, 3.8) is 0 Å². The fourth-order valence-electron chi connectivity index (χ4n) is 5.45. The van der Waals surface area contributed by atoms with Crippen LogP contribution in [0.25, 0.3) is 0 Å². The molecule has 0 radical (unpaired) electrons. The molecule has 2 saturated heterocycles. The Morgan fingerprint density at radius 2 is 1.67 bits per heavy atom. The first-order valence-electron chi connectivity index (χ1n) is 11.4. The molecule has 9 nitrogen and oxygen atoms in total. The number of amides is 1. The minimum Gasteiger partial charge on any atom is -0.459 e. The highest BCUT2D eigenvalue weighted by Crippen LogP contribution is 2.41. The zero-order valence-corrected chi connectivity index (χ0v) is 18.1. The van der Waals surface area contributed by atoms with Crippen LogP contribution in [0.4, 0.5) is 5.95 Å². The van der Waals surface area contributed by atoms with Crippen molar-refractivity contribution in [1.82, 2.24) is 14.5 Å². The summed E-state index contributed by atoms with van der Waals surface area (Å²) >= 11 is 0. The van der Waals surface area contributed by atoms with Gasteiger partial charge in [0.1, 0.15) is 0 Å². The molecular formula is C24H24N4O5. The van der Waals surface area contributed by atoms with Crippen molar-refractivity contribution >= 4 is 17.8 Å². The lowest BCUT2D eigenvalue weighted by Gasteiger charge is -2.29. The molecule has 2 atom stereocenters. The van der Waals surface area contributed by atoms with E-state index in [0.29, 0.717) is 36.8 Å². The Morgan fingerprint density at radius 1 is 0.970 bits per heavy atom. The first-order chi connectivity index (χ1) is 16.1. The molecule has 1 aliphatic carbocycles. The molecular weight excluding hydrogens is 424 g/mol. The third kappa shape index (κ3) is 3.21. The largest absolute Gasteiger partial charge is 0.459 e. The van der Waals surface area contributed by atoms with Crippen LogP contribution in [0.3, 0.4) is 0 Å². The molecule has 3 aromatic heterocycles. The molecule has 33 heavy (non-hydrogen) atoms. The van der Waals surface area contributed by atoms with Crippen LogP contribution in [0.15, 0.2) is 50.4 Å². The van der Waals surface area contributed by atoms with Crippen LogP contribution in [0.5, 0.6) is 0 Å². The van der Waals surface area contributed by atoms with Gasteiger partial charge in [-0.2, -0.15) is 0 Å². The molecule has 1 amide bonds. The maximum absolute atomic E-state index is 13.7. The van der Waals surface area contributed by atoms with Crippen LogP contribution in [-0.4, -0.2) is 52.4 Å². The number of likely N-dealkylation sites (tertiary alicyclic amines) is 1. The molecule has 0 saturated carbocycles. The van der Waals surface area contributed by atoms with Gasteiger partial charge in [0.25, 0.3) is 11.5 Å². The van der Waals surface area contributed by atoms with Crippen LogP contribution in [0.1, 0.15) is 57.5 Å². The number of carbonyl (C=O) groups excluding carboxylic acids is 2. The Labute approximate surface area is 189 Å². The summed E-state index contributed by atoms with van der Waals surface area (Å²) < 4.78 is 11.8. The van der Waals surface area contributed by atoms with E-state index in [4.69, 9.17) is 13.8 Å².